The fourth-order valence-electron chi connectivity index (χ4n) is 2.40. The van der Waals surface area contributed by atoms with Crippen LogP contribution < -0.4 is 5.32 Å². The van der Waals surface area contributed by atoms with E-state index in [-0.39, 0.29) is 0 Å². The van der Waals surface area contributed by atoms with Crippen LogP contribution in [0.25, 0.3) is 0 Å². The van der Waals surface area contributed by atoms with Gasteiger partial charge >= 0.3 is 0 Å². The number of aromatic nitrogens is 3. The predicted octanol–water partition coefficient (Wildman–Crippen LogP) is 2.48. The van der Waals surface area contributed by atoms with E-state index in [1.807, 2.05) is 18.8 Å². The van der Waals surface area contributed by atoms with Gasteiger partial charge in [0.15, 0.2) is 5.16 Å². The van der Waals surface area contributed by atoms with Crippen molar-refractivity contribution < 1.29 is 0 Å². The Balaban J connectivity index is 1.95. The molecule has 2 rings (SSSR count). The summed E-state index contributed by atoms with van der Waals surface area (Å²) in [6, 6.07) is 0.582. The average Bonchev–Trinajstić information content (AvgIpc) is 2.62. The van der Waals surface area contributed by atoms with E-state index in [0.29, 0.717) is 6.04 Å². The number of rotatable bonds is 6. The lowest BCUT2D eigenvalue weighted by Crippen LogP contribution is -2.27. The molecule has 1 unspecified atom stereocenters. The van der Waals surface area contributed by atoms with Gasteiger partial charge in [0, 0.05) is 24.8 Å². The van der Waals surface area contributed by atoms with Crippen LogP contribution in [0.5, 0.6) is 0 Å². The molecule has 0 amide bonds. The van der Waals surface area contributed by atoms with Gasteiger partial charge in [0.25, 0.3) is 0 Å². The molecule has 2 heterocycles. The quantitative estimate of drug-likeness (QED) is 0.805. The number of hydrogen-bond acceptors (Lipinski definition) is 4. The fourth-order valence-corrected chi connectivity index (χ4v) is 3.53. The monoisotopic (exact) mass is 268 g/mol. The predicted molar refractivity (Wildman–Crippen MR) is 76.1 cm³/mol. The largest absolute Gasteiger partial charge is 0.316 e. The smallest absolute Gasteiger partial charge is 0.191 e. The van der Waals surface area contributed by atoms with E-state index in [9.17, 15) is 0 Å². The standard InChI is InChI=1S/C13H24N4S/c1-3-7-11(14-2)10-18-13-16-15-12-8-5-4-6-9-17(12)13/h11,14H,3-10H2,1-2H3. The van der Waals surface area contributed by atoms with Crippen molar-refractivity contribution in [2.75, 3.05) is 12.8 Å². The highest BCUT2D eigenvalue weighted by molar-refractivity contribution is 7.99. The molecule has 0 saturated carbocycles. The summed E-state index contributed by atoms with van der Waals surface area (Å²) in [5, 5.41) is 13.2. The van der Waals surface area contributed by atoms with E-state index < -0.39 is 0 Å². The van der Waals surface area contributed by atoms with Crippen molar-refractivity contribution in [3.63, 3.8) is 0 Å². The van der Waals surface area contributed by atoms with Crippen molar-refractivity contribution in [1.29, 1.82) is 0 Å². The molecule has 0 bridgehead atoms. The van der Waals surface area contributed by atoms with Crippen LogP contribution in [0.3, 0.4) is 0 Å². The number of nitrogens with zero attached hydrogens (tertiary/aromatic N) is 3. The summed E-state index contributed by atoms with van der Waals surface area (Å²) < 4.78 is 2.33. The third-order valence-corrected chi connectivity index (χ3v) is 4.66. The second-order valence-corrected chi connectivity index (χ2v) is 5.93. The lowest BCUT2D eigenvalue weighted by Gasteiger charge is -2.14. The zero-order valence-corrected chi connectivity index (χ0v) is 12.3. The third kappa shape index (κ3) is 3.48. The number of hydrogen-bond donors (Lipinski definition) is 1. The van der Waals surface area contributed by atoms with Gasteiger partial charge in [-0.15, -0.1) is 10.2 Å². The SMILES string of the molecule is CCCC(CSc1nnc2n1CCCCC2)NC. The molecule has 4 nitrogen and oxygen atoms in total. The Kier molecular flexibility index (Phi) is 5.50. The summed E-state index contributed by atoms with van der Waals surface area (Å²) in [7, 11) is 2.05. The van der Waals surface area contributed by atoms with E-state index in [0.717, 1.165) is 23.9 Å². The van der Waals surface area contributed by atoms with Crippen molar-refractivity contribution in [1.82, 2.24) is 20.1 Å². The second-order valence-electron chi connectivity index (χ2n) is 4.95. The number of aryl methyl sites for hydroxylation is 1. The maximum Gasteiger partial charge on any atom is 0.191 e. The first-order valence-corrected chi connectivity index (χ1v) is 8.05. The molecular weight excluding hydrogens is 244 g/mol. The Morgan fingerprint density at radius 2 is 2.22 bits per heavy atom. The minimum Gasteiger partial charge on any atom is -0.316 e. The van der Waals surface area contributed by atoms with Crippen molar-refractivity contribution >= 4 is 11.8 Å². The van der Waals surface area contributed by atoms with Gasteiger partial charge in [-0.25, -0.2) is 0 Å². The zero-order chi connectivity index (χ0) is 12.8. The van der Waals surface area contributed by atoms with Gasteiger partial charge in [0.2, 0.25) is 0 Å². The summed E-state index contributed by atoms with van der Waals surface area (Å²) in [5.74, 6) is 2.27. The highest BCUT2D eigenvalue weighted by Crippen LogP contribution is 2.22. The van der Waals surface area contributed by atoms with Crippen molar-refractivity contribution in [3.05, 3.63) is 5.82 Å². The van der Waals surface area contributed by atoms with Crippen LogP contribution in [0.1, 0.15) is 44.9 Å². The van der Waals surface area contributed by atoms with Crippen LogP contribution in [-0.4, -0.2) is 33.6 Å². The van der Waals surface area contributed by atoms with Crippen LogP contribution >= 0.6 is 11.8 Å². The Morgan fingerprint density at radius 3 is 3.00 bits per heavy atom. The van der Waals surface area contributed by atoms with Gasteiger partial charge < -0.3 is 9.88 Å². The van der Waals surface area contributed by atoms with Crippen LogP contribution in [-0.2, 0) is 13.0 Å². The average molecular weight is 268 g/mol. The van der Waals surface area contributed by atoms with Crippen molar-refractivity contribution in [2.45, 2.75) is 63.2 Å². The number of fused-ring (bicyclic) bond motifs is 1. The maximum absolute atomic E-state index is 4.35. The fraction of sp³-hybridized carbons (Fsp3) is 0.846. The molecule has 0 aromatic carbocycles. The maximum atomic E-state index is 4.35. The van der Waals surface area contributed by atoms with Gasteiger partial charge in [-0.2, -0.15) is 0 Å². The van der Waals surface area contributed by atoms with Crippen LogP contribution in [0.2, 0.25) is 0 Å². The lowest BCUT2D eigenvalue weighted by molar-refractivity contribution is 0.560. The molecule has 1 aliphatic heterocycles. The van der Waals surface area contributed by atoms with E-state index >= 15 is 0 Å². The molecule has 102 valence electrons. The summed E-state index contributed by atoms with van der Waals surface area (Å²) in [5.41, 5.74) is 0. The van der Waals surface area contributed by atoms with Crippen LogP contribution in [0.4, 0.5) is 0 Å². The van der Waals surface area contributed by atoms with E-state index in [1.165, 1.54) is 37.9 Å². The summed E-state index contributed by atoms with van der Waals surface area (Å²) >= 11 is 1.85. The Morgan fingerprint density at radius 1 is 1.33 bits per heavy atom. The highest BCUT2D eigenvalue weighted by Gasteiger charge is 2.16. The zero-order valence-electron chi connectivity index (χ0n) is 11.5. The molecule has 0 aliphatic carbocycles. The highest BCUT2D eigenvalue weighted by atomic mass is 32.2. The Hall–Kier alpha value is -0.550. The summed E-state index contributed by atoms with van der Waals surface area (Å²) in [4.78, 5) is 0. The normalized spacial score (nSPS) is 17.2. The molecule has 1 atom stereocenters. The minimum atomic E-state index is 0.582. The Labute approximate surface area is 114 Å². The second kappa shape index (κ2) is 7.14. The van der Waals surface area contributed by atoms with Gasteiger partial charge in [-0.3, -0.25) is 0 Å². The molecule has 0 radical (unpaired) electrons. The van der Waals surface area contributed by atoms with Gasteiger partial charge in [-0.05, 0) is 26.3 Å². The first-order chi connectivity index (χ1) is 8.85. The molecule has 1 N–H and O–H groups in total. The lowest BCUT2D eigenvalue weighted by atomic mass is 10.2. The topological polar surface area (TPSA) is 42.7 Å². The molecule has 0 fully saturated rings. The van der Waals surface area contributed by atoms with Crippen molar-refractivity contribution in [3.8, 4) is 0 Å². The molecule has 5 heteroatoms. The third-order valence-electron chi connectivity index (χ3n) is 3.53. The molecule has 18 heavy (non-hydrogen) atoms. The van der Waals surface area contributed by atoms with Gasteiger partial charge in [0.1, 0.15) is 5.82 Å². The molecule has 0 saturated heterocycles. The first kappa shape index (κ1) is 13.9. The first-order valence-electron chi connectivity index (χ1n) is 7.07. The molecular formula is C13H24N4S. The van der Waals surface area contributed by atoms with Gasteiger partial charge in [-0.1, -0.05) is 31.5 Å². The molecule has 1 aliphatic rings. The summed E-state index contributed by atoms with van der Waals surface area (Å²) in [6.07, 6.45) is 7.40. The summed E-state index contributed by atoms with van der Waals surface area (Å²) in [6.45, 7) is 3.33. The Bertz CT molecular complexity index is 364. The van der Waals surface area contributed by atoms with Crippen LogP contribution in [0.15, 0.2) is 5.16 Å². The molecule has 1 aromatic heterocycles. The van der Waals surface area contributed by atoms with Crippen molar-refractivity contribution in [2.24, 2.45) is 0 Å². The number of thioether (sulfide) groups is 1. The molecule has 1 aromatic rings. The minimum absolute atomic E-state index is 0.582. The van der Waals surface area contributed by atoms with Crippen LogP contribution in [0, 0.1) is 0 Å². The number of nitrogens with one attached hydrogen (secondary N) is 1. The van der Waals surface area contributed by atoms with E-state index in [1.54, 1.807) is 0 Å². The van der Waals surface area contributed by atoms with Gasteiger partial charge in [0.05, 0.1) is 0 Å². The van der Waals surface area contributed by atoms with E-state index in [2.05, 4.69) is 27.0 Å². The van der Waals surface area contributed by atoms with E-state index in [4.69, 9.17) is 0 Å². The molecule has 0 spiro atoms.